The Labute approximate surface area is 624 Å². The van der Waals surface area contributed by atoms with Crippen molar-refractivity contribution < 1.29 is 88.6 Å². The highest BCUT2D eigenvalue weighted by molar-refractivity contribution is 6.20. The number of amides is 12. The molecule has 25 nitrogen and oxygen atoms in total. The van der Waals surface area contributed by atoms with Crippen molar-refractivity contribution in [1.82, 2.24) is 60.0 Å². The minimum Gasteiger partial charge on any atom is -0.377 e. The van der Waals surface area contributed by atoms with Gasteiger partial charge in [-0.05, 0) is 132 Å². The molecule has 4 saturated carbocycles. The van der Waals surface area contributed by atoms with E-state index in [1.54, 1.807) is 39.8 Å². The number of likely N-dealkylation sites (N-methyl/N-ethyl adjacent to an activating group) is 7. The number of hydrogen-bond acceptors (Lipinski definition) is 13. The summed E-state index contributed by atoms with van der Waals surface area (Å²) in [5.41, 5.74) is -2.33. The molecular formula is C74H115ClF6N12O13. The number of carbonyl (C=O) groups excluding carboxylic acids is 12. The summed E-state index contributed by atoms with van der Waals surface area (Å²) < 4.78 is 95.2. The van der Waals surface area contributed by atoms with Gasteiger partial charge in [0.1, 0.15) is 78.3 Å². The van der Waals surface area contributed by atoms with Gasteiger partial charge < -0.3 is 64.8 Å². The molecule has 3 N–H and O–H groups in total. The van der Waals surface area contributed by atoms with Crippen molar-refractivity contribution in [2.75, 3.05) is 89.2 Å². The van der Waals surface area contributed by atoms with Crippen LogP contribution in [0, 0.1) is 35.0 Å². The molecule has 2 bridgehead atoms. The standard InChI is InChI=1S/C74H115ClF6N12O13/c1-15-42(4)61-69(103)87(10)39-59(96)89(12)53-25-19-18-22-30-92(68(53)102)56(33-45-27-28-46(75)34-48(45)76)67(101)86(9)38-57(94)82-51(29-26-43-31-49(77)60(50(78)32-43)74(79,80)81)65(99)93-37-47(106-17-3)35-54(93)64(98)84-73(40-72(5,6)41-73)71(105)91(14)62(44-23-20-21-24-44)70(104)90(13)55(66(100)85(7)8)36-58(95)88(11)52(16-2)63(97)83-61/h18-19,42-56,60-62H,15-17,20-41H2,1-14H3,(H,82,94)(H,83,97)(H,84,98)/b19-18-/t42-,43?,45?,46?,47+,48?,49?,50?,51-,52-,53-,54-,55-,56-,60?,61-,62-/m0/s1. The lowest BCUT2D eigenvalue weighted by atomic mass is 9.58. The number of rotatable bonds is 12. The number of hydrogen-bond donors (Lipinski definition) is 3. The zero-order valence-corrected chi connectivity index (χ0v) is 65.0. The van der Waals surface area contributed by atoms with Crippen LogP contribution in [0.1, 0.15) is 170 Å². The van der Waals surface area contributed by atoms with E-state index in [-0.39, 0.29) is 83.9 Å². The van der Waals surface area contributed by atoms with Crippen LogP contribution < -0.4 is 16.0 Å². The SMILES string of the molecule is CCO[C@@H]1C[C@H]2C(=O)NC3(CC(C)(C)C3)C(=O)N(C)[C@@H](C3CCCC3)C(=O)N(C)[C@H](C(=O)N(C)C)CC(=O)N(C)[C@@H](CC)C(=O)N[C@@H]([C@@H](C)CC)C(=O)N(C)CC(=O)N(C)[C@H]3C/C=C\CCN(C3=O)[C@@H](CC3CCC(Cl)CC3F)C(=O)N(C)CC(=O)N[C@@H](CCC3CC(F)C(C(F)(F)F)C(F)C3)C(=O)N2C1. The van der Waals surface area contributed by atoms with Crippen molar-refractivity contribution in [1.29, 1.82) is 0 Å². The third kappa shape index (κ3) is 20.4. The number of halogens is 7. The summed E-state index contributed by atoms with van der Waals surface area (Å²) >= 11 is 6.43. The minimum atomic E-state index is -5.20. The van der Waals surface area contributed by atoms with Gasteiger partial charge in [-0.15, -0.1) is 11.6 Å². The van der Waals surface area contributed by atoms with Gasteiger partial charge in [-0.1, -0.05) is 66.0 Å². The maximum absolute atomic E-state index is 16.3. The van der Waals surface area contributed by atoms with E-state index < -0.39 is 235 Å². The lowest BCUT2D eigenvalue weighted by molar-refractivity contribution is -0.219. The second kappa shape index (κ2) is 36.6. The van der Waals surface area contributed by atoms with Gasteiger partial charge in [0, 0.05) is 87.9 Å². The fourth-order valence-electron chi connectivity index (χ4n) is 17.3. The van der Waals surface area contributed by atoms with Crippen LogP contribution in [0.2, 0.25) is 0 Å². The molecule has 3 aliphatic heterocycles. The average molecular weight is 1530 g/mol. The van der Waals surface area contributed by atoms with Gasteiger partial charge in [0.25, 0.3) is 0 Å². The Morgan fingerprint density at radius 2 is 1.32 bits per heavy atom. The predicted octanol–water partition coefficient (Wildman–Crippen LogP) is 5.73. The average Bonchev–Trinajstić information content (AvgIpc) is 0.896. The van der Waals surface area contributed by atoms with Crippen LogP contribution in [0.25, 0.3) is 0 Å². The van der Waals surface area contributed by atoms with Gasteiger partial charge in [0.2, 0.25) is 70.9 Å². The third-order valence-electron chi connectivity index (χ3n) is 23.5. The Bertz CT molecular complexity index is 3200. The van der Waals surface area contributed by atoms with E-state index in [1.165, 1.54) is 71.1 Å². The first-order valence-corrected chi connectivity index (χ1v) is 38.2. The molecular weight excluding hydrogens is 1410 g/mol. The van der Waals surface area contributed by atoms with Crippen molar-refractivity contribution in [2.24, 2.45) is 35.0 Å². The van der Waals surface area contributed by atoms with Crippen LogP contribution >= 0.6 is 11.6 Å². The van der Waals surface area contributed by atoms with Crippen molar-refractivity contribution in [3.63, 3.8) is 0 Å². The largest absolute Gasteiger partial charge is 0.397 e. The van der Waals surface area contributed by atoms with Gasteiger partial charge in [-0.25, -0.2) is 13.2 Å². The summed E-state index contributed by atoms with van der Waals surface area (Å²) in [5.74, 6) is -15.2. The van der Waals surface area contributed by atoms with E-state index >= 15 is 41.9 Å². The fraction of sp³-hybridized carbons (Fsp3) is 0.811. The second-order valence-electron chi connectivity index (χ2n) is 32.0. The topological polar surface area (TPSA) is 279 Å². The van der Waals surface area contributed by atoms with Gasteiger partial charge >= 0.3 is 6.18 Å². The fourth-order valence-corrected chi connectivity index (χ4v) is 17.6. The Kier molecular flexibility index (Phi) is 29.9. The summed E-state index contributed by atoms with van der Waals surface area (Å²) in [6.45, 7) is 8.78. The molecule has 4 aliphatic carbocycles. The van der Waals surface area contributed by atoms with Crippen molar-refractivity contribution in [3.8, 4) is 0 Å². The van der Waals surface area contributed by atoms with Gasteiger partial charge in [-0.2, -0.15) is 13.2 Å². The van der Waals surface area contributed by atoms with E-state index in [9.17, 15) is 41.9 Å². The van der Waals surface area contributed by atoms with E-state index in [2.05, 4.69) is 16.0 Å². The zero-order chi connectivity index (χ0) is 78.9. The van der Waals surface area contributed by atoms with Crippen LogP contribution in [-0.2, 0) is 62.3 Å². The van der Waals surface area contributed by atoms with E-state index in [4.69, 9.17) is 16.3 Å². The highest BCUT2D eigenvalue weighted by atomic mass is 35.5. The van der Waals surface area contributed by atoms with E-state index in [0.717, 1.165) is 29.4 Å². The first kappa shape index (κ1) is 86.4. The van der Waals surface area contributed by atoms with Crippen LogP contribution in [-0.4, -0.2) is 294 Å². The van der Waals surface area contributed by atoms with Crippen LogP contribution in [0.3, 0.4) is 0 Å². The Morgan fingerprint density at radius 3 is 1.90 bits per heavy atom. The lowest BCUT2D eigenvalue weighted by Gasteiger charge is -2.54. The molecule has 12 amide bonds. The molecule has 6 fully saturated rings. The monoisotopic (exact) mass is 1530 g/mol. The van der Waals surface area contributed by atoms with Crippen molar-refractivity contribution in [3.05, 3.63) is 12.2 Å². The quantitative estimate of drug-likeness (QED) is 0.120. The highest BCUT2D eigenvalue weighted by Crippen LogP contribution is 2.50. The van der Waals surface area contributed by atoms with Gasteiger partial charge in [-0.3, -0.25) is 57.5 Å². The molecule has 0 radical (unpaired) electrons. The molecule has 0 aromatic rings. The maximum atomic E-state index is 16.3. The molecule has 5 unspecified atom stereocenters. The Morgan fingerprint density at radius 1 is 0.689 bits per heavy atom. The molecule has 3 heterocycles. The Hall–Kier alpha value is -6.79. The molecule has 1 spiro atoms. The highest BCUT2D eigenvalue weighted by Gasteiger charge is 2.60. The first-order chi connectivity index (χ1) is 49.6. The molecule has 15 atom stereocenters. The molecule has 598 valence electrons. The Balaban J connectivity index is 1.33. The summed E-state index contributed by atoms with van der Waals surface area (Å²) in [7, 11) is 11.0. The van der Waals surface area contributed by atoms with Crippen molar-refractivity contribution >= 4 is 82.5 Å². The molecule has 7 aliphatic rings. The molecule has 2 saturated heterocycles. The molecule has 0 aromatic carbocycles. The maximum Gasteiger partial charge on any atom is 0.397 e. The van der Waals surface area contributed by atoms with Crippen LogP contribution in [0.4, 0.5) is 26.3 Å². The van der Waals surface area contributed by atoms with E-state index in [1.807, 2.05) is 13.8 Å². The van der Waals surface area contributed by atoms with Crippen LogP contribution in [0.15, 0.2) is 12.2 Å². The lowest BCUT2D eigenvalue weighted by Crippen LogP contribution is -2.71. The molecule has 106 heavy (non-hydrogen) atoms. The number of ether oxygens (including phenoxy) is 1. The number of carbonyl (C=O) groups is 12. The summed E-state index contributed by atoms with van der Waals surface area (Å²) in [6.07, 6.45) is -9.41. The number of fused-ring (bicyclic) bond motifs is 3. The zero-order valence-electron chi connectivity index (χ0n) is 64.2. The minimum absolute atomic E-state index is 0.0118. The molecule has 7 rings (SSSR count). The normalized spacial score (nSPS) is 33.3. The number of alkyl halides is 7. The molecule has 0 aromatic heterocycles. The molecule has 32 heteroatoms. The third-order valence-corrected chi connectivity index (χ3v) is 23.9. The number of nitrogens with zero attached hydrogens (tertiary/aromatic N) is 9. The summed E-state index contributed by atoms with van der Waals surface area (Å²) in [4.78, 5) is 191. The predicted molar refractivity (Wildman–Crippen MR) is 381 cm³/mol. The first-order valence-electron chi connectivity index (χ1n) is 37.8. The van der Waals surface area contributed by atoms with Gasteiger partial charge in [0.05, 0.1) is 25.6 Å². The van der Waals surface area contributed by atoms with Crippen LogP contribution in [0.5, 0.6) is 0 Å². The summed E-state index contributed by atoms with van der Waals surface area (Å²) in [6, 6.07) is -11.3. The van der Waals surface area contributed by atoms with E-state index in [0.29, 0.717) is 38.5 Å². The smallest absolute Gasteiger partial charge is 0.377 e. The number of nitrogens with one attached hydrogen (secondary N) is 3. The second-order valence-corrected chi connectivity index (χ2v) is 32.6. The van der Waals surface area contributed by atoms with Crippen molar-refractivity contribution in [2.45, 2.75) is 260 Å². The van der Waals surface area contributed by atoms with Gasteiger partial charge in [0.15, 0.2) is 0 Å². The summed E-state index contributed by atoms with van der Waals surface area (Å²) in [5, 5.41) is 7.95.